The lowest BCUT2D eigenvalue weighted by Crippen LogP contribution is -2.18. The number of aromatic nitrogens is 1. The number of aliphatic imine (C=N–C) groups is 2. The number of fused-ring (bicyclic) bond motifs is 3. The van der Waals surface area contributed by atoms with Crippen LogP contribution in [-0.4, -0.2) is 43.4 Å². The molecule has 0 amide bonds. The van der Waals surface area contributed by atoms with Gasteiger partial charge in [0, 0.05) is 52.8 Å². The van der Waals surface area contributed by atoms with Crippen molar-refractivity contribution in [1.29, 1.82) is 0 Å². The SMILES string of the molecule is C1=NCCN1c1ccc2c(c1)c1cc(N3C=NCC3)ccc1n2CC1CCCCC1.Cl.Cl. The van der Waals surface area contributed by atoms with E-state index in [-0.39, 0.29) is 24.8 Å². The molecule has 3 aromatic rings. The fourth-order valence-corrected chi connectivity index (χ4v) is 5.41. The van der Waals surface area contributed by atoms with Gasteiger partial charge in [-0.25, -0.2) is 0 Å². The van der Waals surface area contributed by atoms with Crippen LogP contribution in [0.25, 0.3) is 21.8 Å². The first-order chi connectivity index (χ1) is 14.9. The Morgan fingerprint density at radius 3 is 1.72 bits per heavy atom. The Labute approximate surface area is 202 Å². The summed E-state index contributed by atoms with van der Waals surface area (Å²) in [6.07, 6.45) is 10.9. The van der Waals surface area contributed by atoms with Gasteiger partial charge in [-0.1, -0.05) is 19.3 Å². The topological polar surface area (TPSA) is 36.1 Å². The zero-order valence-electron chi connectivity index (χ0n) is 18.3. The second-order valence-corrected chi connectivity index (χ2v) is 8.95. The van der Waals surface area contributed by atoms with Gasteiger partial charge in [-0.2, -0.15) is 0 Å². The first-order valence-electron chi connectivity index (χ1n) is 11.5. The highest BCUT2D eigenvalue weighted by molar-refractivity contribution is 6.11. The normalized spacial score (nSPS) is 18.5. The molecule has 0 bridgehead atoms. The molecule has 0 N–H and O–H groups in total. The molecule has 170 valence electrons. The predicted molar refractivity (Wildman–Crippen MR) is 142 cm³/mol. The summed E-state index contributed by atoms with van der Waals surface area (Å²) in [6, 6.07) is 13.9. The summed E-state index contributed by atoms with van der Waals surface area (Å²) in [4.78, 5) is 13.3. The van der Waals surface area contributed by atoms with Gasteiger partial charge in [0.05, 0.1) is 25.8 Å². The van der Waals surface area contributed by atoms with Crippen molar-refractivity contribution >= 4 is 70.7 Å². The third kappa shape index (κ3) is 4.08. The molecule has 3 heterocycles. The first kappa shape index (κ1) is 22.9. The molecule has 0 unspecified atom stereocenters. The fourth-order valence-electron chi connectivity index (χ4n) is 5.41. The van der Waals surface area contributed by atoms with Crippen LogP contribution in [0.1, 0.15) is 32.1 Å². The second-order valence-electron chi connectivity index (χ2n) is 8.95. The predicted octanol–water partition coefficient (Wildman–Crippen LogP) is 5.92. The Kier molecular flexibility index (Phi) is 6.96. The van der Waals surface area contributed by atoms with Gasteiger partial charge in [-0.15, -0.1) is 24.8 Å². The number of hydrogen-bond donors (Lipinski definition) is 0. The zero-order valence-corrected chi connectivity index (χ0v) is 20.0. The van der Waals surface area contributed by atoms with Gasteiger partial charge in [-0.3, -0.25) is 9.98 Å². The van der Waals surface area contributed by atoms with E-state index in [1.54, 1.807) is 0 Å². The third-order valence-corrected chi connectivity index (χ3v) is 7.04. The third-order valence-electron chi connectivity index (χ3n) is 7.04. The van der Waals surface area contributed by atoms with Crippen LogP contribution in [0.5, 0.6) is 0 Å². The Morgan fingerprint density at radius 1 is 0.719 bits per heavy atom. The van der Waals surface area contributed by atoms with Gasteiger partial charge < -0.3 is 14.4 Å². The number of hydrogen-bond acceptors (Lipinski definition) is 4. The van der Waals surface area contributed by atoms with Crippen LogP contribution in [-0.2, 0) is 6.54 Å². The van der Waals surface area contributed by atoms with Gasteiger partial charge in [0.1, 0.15) is 0 Å². The summed E-state index contributed by atoms with van der Waals surface area (Å²) < 4.78 is 2.59. The molecule has 0 saturated heterocycles. The largest absolute Gasteiger partial charge is 0.340 e. The Bertz CT molecular complexity index is 1070. The molecular weight excluding hydrogens is 441 g/mol. The minimum absolute atomic E-state index is 0. The van der Waals surface area contributed by atoms with E-state index in [0.29, 0.717) is 0 Å². The molecule has 5 nitrogen and oxygen atoms in total. The van der Waals surface area contributed by atoms with E-state index in [1.807, 2.05) is 12.7 Å². The molecule has 3 aliphatic rings. The maximum atomic E-state index is 4.41. The van der Waals surface area contributed by atoms with Gasteiger partial charge in [0.2, 0.25) is 0 Å². The second kappa shape index (κ2) is 9.72. The van der Waals surface area contributed by atoms with E-state index in [1.165, 1.54) is 65.3 Å². The van der Waals surface area contributed by atoms with Crippen LogP contribution < -0.4 is 9.80 Å². The number of anilines is 2. The molecule has 1 aliphatic carbocycles. The van der Waals surface area contributed by atoms with E-state index in [9.17, 15) is 0 Å². The van der Waals surface area contributed by atoms with Crippen LogP contribution in [0.15, 0.2) is 46.4 Å². The molecule has 0 atom stereocenters. The Balaban J connectivity index is 0.00000122. The monoisotopic (exact) mass is 471 g/mol. The van der Waals surface area contributed by atoms with Crippen LogP contribution in [0, 0.1) is 5.92 Å². The molecule has 1 aromatic heterocycles. The summed E-state index contributed by atoms with van der Waals surface area (Å²) in [5, 5.41) is 2.72. The van der Waals surface area contributed by atoms with Crippen LogP contribution in [0.2, 0.25) is 0 Å². The molecule has 1 fully saturated rings. The molecular formula is C25H31Cl2N5. The highest BCUT2D eigenvalue weighted by atomic mass is 35.5. The maximum absolute atomic E-state index is 4.41. The molecule has 32 heavy (non-hydrogen) atoms. The summed E-state index contributed by atoms with van der Waals surface area (Å²) >= 11 is 0. The van der Waals surface area contributed by atoms with Crippen molar-refractivity contribution in [3.8, 4) is 0 Å². The summed E-state index contributed by atoms with van der Waals surface area (Å²) in [7, 11) is 0. The van der Waals surface area contributed by atoms with Gasteiger partial charge in [0.15, 0.2) is 0 Å². The average Bonchev–Trinajstić information content (AvgIpc) is 3.56. The molecule has 0 radical (unpaired) electrons. The van der Waals surface area contributed by atoms with Gasteiger partial charge in [0.25, 0.3) is 0 Å². The fraction of sp³-hybridized carbons (Fsp3) is 0.440. The Morgan fingerprint density at radius 2 is 1.25 bits per heavy atom. The summed E-state index contributed by atoms with van der Waals surface area (Å²) in [6.45, 7) is 4.86. The van der Waals surface area contributed by atoms with E-state index in [0.717, 1.165) is 38.6 Å². The van der Waals surface area contributed by atoms with Crippen molar-refractivity contribution in [2.24, 2.45) is 15.9 Å². The quantitative estimate of drug-likeness (QED) is 0.473. The summed E-state index contributed by atoms with van der Waals surface area (Å²) in [5.41, 5.74) is 5.22. The van der Waals surface area contributed by atoms with E-state index in [2.05, 4.69) is 60.7 Å². The zero-order chi connectivity index (χ0) is 19.9. The number of halogens is 2. The highest BCUT2D eigenvalue weighted by Crippen LogP contribution is 2.36. The smallest absolute Gasteiger partial charge is 0.0895 e. The van der Waals surface area contributed by atoms with E-state index >= 15 is 0 Å². The van der Waals surface area contributed by atoms with Crippen LogP contribution >= 0.6 is 24.8 Å². The van der Waals surface area contributed by atoms with Crippen molar-refractivity contribution in [2.75, 3.05) is 36.0 Å². The lowest BCUT2D eigenvalue weighted by atomic mass is 9.89. The molecule has 0 spiro atoms. The average molecular weight is 472 g/mol. The number of benzene rings is 2. The lowest BCUT2D eigenvalue weighted by Gasteiger charge is -2.23. The van der Waals surface area contributed by atoms with Crippen molar-refractivity contribution < 1.29 is 0 Å². The van der Waals surface area contributed by atoms with Crippen LogP contribution in [0.4, 0.5) is 11.4 Å². The van der Waals surface area contributed by atoms with Crippen LogP contribution in [0.3, 0.4) is 0 Å². The lowest BCUT2D eigenvalue weighted by molar-refractivity contribution is 0.325. The van der Waals surface area contributed by atoms with Crippen molar-refractivity contribution in [2.45, 2.75) is 38.6 Å². The molecule has 2 aromatic carbocycles. The minimum Gasteiger partial charge on any atom is -0.340 e. The minimum atomic E-state index is 0. The van der Waals surface area contributed by atoms with E-state index in [4.69, 9.17) is 0 Å². The van der Waals surface area contributed by atoms with E-state index < -0.39 is 0 Å². The highest BCUT2D eigenvalue weighted by Gasteiger charge is 2.20. The van der Waals surface area contributed by atoms with Gasteiger partial charge >= 0.3 is 0 Å². The number of rotatable bonds is 4. The van der Waals surface area contributed by atoms with Crippen molar-refractivity contribution in [3.63, 3.8) is 0 Å². The first-order valence-corrected chi connectivity index (χ1v) is 11.5. The van der Waals surface area contributed by atoms with Crippen molar-refractivity contribution in [1.82, 2.24) is 4.57 Å². The van der Waals surface area contributed by atoms with Gasteiger partial charge in [-0.05, 0) is 55.2 Å². The maximum Gasteiger partial charge on any atom is 0.0895 e. The molecule has 1 saturated carbocycles. The standard InChI is InChI=1S/C25H29N5.2ClH/c1-2-4-19(5-3-1)16-30-24-8-6-20(28-12-10-26-17-28)14-22(24)23-15-21(7-9-25(23)30)29-13-11-27-18-29;;/h6-9,14-15,17-19H,1-5,10-13,16H2;2*1H. The molecule has 7 heteroatoms. The Hall–Kier alpha value is -2.24. The molecule has 6 rings (SSSR count). The number of nitrogens with zero attached hydrogens (tertiary/aromatic N) is 5. The van der Waals surface area contributed by atoms with Crippen molar-refractivity contribution in [3.05, 3.63) is 36.4 Å². The molecule has 2 aliphatic heterocycles. The summed E-state index contributed by atoms with van der Waals surface area (Å²) in [5.74, 6) is 0.799.